The number of thioether (sulfide) groups is 1. The van der Waals surface area contributed by atoms with Gasteiger partial charge in [0.05, 0.1) is 43.5 Å². The second-order valence-electron chi connectivity index (χ2n) is 23.2. The van der Waals surface area contributed by atoms with Crippen LogP contribution in [-0.4, -0.2) is 270 Å². The van der Waals surface area contributed by atoms with Crippen LogP contribution in [0, 0.1) is 5.92 Å². The lowest BCUT2D eigenvalue weighted by Gasteiger charge is -2.40. The molecule has 0 saturated carbocycles. The molecular weight excluding hydrogens is 1310 g/mol. The molecule has 97 heavy (non-hydrogen) atoms. The van der Waals surface area contributed by atoms with E-state index >= 15 is 0 Å². The summed E-state index contributed by atoms with van der Waals surface area (Å²) in [6.07, 6.45) is -11.1. The summed E-state index contributed by atoms with van der Waals surface area (Å²) < 4.78 is 5.12. The zero-order chi connectivity index (χ0) is 72.8. The second kappa shape index (κ2) is 41.5. The van der Waals surface area contributed by atoms with E-state index < -0.39 is 213 Å². The van der Waals surface area contributed by atoms with E-state index in [0.717, 1.165) is 16.7 Å². The highest BCUT2D eigenvalue weighted by molar-refractivity contribution is 8.00. The Balaban J connectivity index is 1.74. The van der Waals surface area contributed by atoms with Crippen LogP contribution in [0.2, 0.25) is 0 Å². The number of phenolic OH excluding ortho intramolecular Hbond substituents is 1. The fraction of sp³-hybridized carbons (Fsp3) is 0.632. The number of quaternary nitrogens is 1. The number of aliphatic carboxylic acids is 1. The lowest BCUT2D eigenvalue weighted by Crippen LogP contribution is -2.71. The number of phenols is 1. The minimum Gasteiger partial charge on any atom is -0.508 e. The van der Waals surface area contributed by atoms with E-state index in [9.17, 15) is 108 Å². The second-order valence-corrected chi connectivity index (χ2v) is 24.4. The number of carboxylic acids is 1. The van der Waals surface area contributed by atoms with Crippen molar-refractivity contribution < 1.29 is 118 Å². The summed E-state index contributed by atoms with van der Waals surface area (Å²) in [6.45, 7) is 2.24. The van der Waals surface area contributed by atoms with Gasteiger partial charge in [-0.2, -0.15) is 0 Å². The summed E-state index contributed by atoms with van der Waals surface area (Å²) in [7, 11) is 0. The maximum Gasteiger partial charge on any atom is 0.305 e. The largest absolute Gasteiger partial charge is 0.508 e. The molecule has 0 aliphatic carbocycles. The van der Waals surface area contributed by atoms with Crippen molar-refractivity contribution in [2.24, 2.45) is 28.1 Å². The van der Waals surface area contributed by atoms with Gasteiger partial charge in [-0.1, -0.05) is 26.0 Å². The number of aldehydes is 1. The highest BCUT2D eigenvalue weighted by atomic mass is 32.2. The number of aliphatic hydroxyl groups excluding tert-OH is 6. The van der Waals surface area contributed by atoms with Crippen molar-refractivity contribution >= 4 is 101 Å². The summed E-state index contributed by atoms with van der Waals surface area (Å²) in [5.74, 6) is -15.1. The number of guanidine groups is 1. The lowest BCUT2D eigenvalue weighted by atomic mass is 9.97. The molecule has 0 aromatic heterocycles. The Labute approximate surface area is 559 Å². The highest BCUT2D eigenvalue weighted by Gasteiger charge is 2.44. The van der Waals surface area contributed by atoms with Crippen molar-refractivity contribution in [3.8, 4) is 5.75 Å². The fourth-order valence-corrected chi connectivity index (χ4v) is 10.7. The lowest BCUT2D eigenvalue weighted by molar-refractivity contribution is -0.405. The maximum absolute atomic E-state index is 14.3. The van der Waals surface area contributed by atoms with Crippen molar-refractivity contribution in [3.63, 3.8) is 0 Å². The number of hydrogen-bond donors (Lipinski definition) is 22. The predicted molar refractivity (Wildman–Crippen MR) is 337 cm³/mol. The van der Waals surface area contributed by atoms with Crippen LogP contribution in [0.15, 0.2) is 29.3 Å². The Morgan fingerprint density at radius 2 is 1.35 bits per heavy atom. The van der Waals surface area contributed by atoms with Crippen LogP contribution >= 0.6 is 11.8 Å². The molecule has 15 atom stereocenters. The van der Waals surface area contributed by atoms with E-state index in [0.29, 0.717) is 19.1 Å². The predicted octanol–water partition coefficient (Wildman–Crippen LogP) is -11.4. The van der Waals surface area contributed by atoms with Gasteiger partial charge in [0.25, 0.3) is 0 Å². The molecule has 2 fully saturated rings. The minimum atomic E-state index is -2.06. The Kier molecular flexibility index (Phi) is 35.4. The van der Waals surface area contributed by atoms with Gasteiger partial charge in [0, 0.05) is 38.1 Å². The number of imide groups is 2. The first-order valence-electron chi connectivity index (χ1n) is 30.8. The number of carbonyl (C=O) groups excluding carboxylic acids is 13. The molecule has 1 aromatic carbocycles. The van der Waals surface area contributed by atoms with Crippen LogP contribution in [0.3, 0.4) is 0 Å². The zero-order valence-corrected chi connectivity index (χ0v) is 54.4. The van der Waals surface area contributed by atoms with Gasteiger partial charge < -0.3 is 106 Å². The number of nitrogens with zero attached hydrogens (tertiary/aromatic N) is 2. The molecule has 542 valence electrons. The van der Waals surface area contributed by atoms with Gasteiger partial charge in [0.15, 0.2) is 18.5 Å². The molecule has 0 bridgehead atoms. The van der Waals surface area contributed by atoms with E-state index in [1.807, 2.05) is 5.32 Å². The summed E-state index contributed by atoms with van der Waals surface area (Å²) >= 11 is 0.819. The van der Waals surface area contributed by atoms with E-state index in [1.165, 1.54) is 31.2 Å². The van der Waals surface area contributed by atoms with Gasteiger partial charge in [-0.15, -0.1) is 11.8 Å². The number of likely N-dealkylation sites (tertiary alicyclic amines) is 1. The van der Waals surface area contributed by atoms with Gasteiger partial charge >= 0.3 is 5.97 Å². The van der Waals surface area contributed by atoms with Crippen LogP contribution in [0.5, 0.6) is 5.75 Å². The summed E-state index contributed by atoms with van der Waals surface area (Å²) in [6, 6.07) is -7.65. The van der Waals surface area contributed by atoms with E-state index in [4.69, 9.17) is 21.9 Å². The molecule has 2 saturated heterocycles. The number of hydrogen-bond acceptors (Lipinski definition) is 26. The van der Waals surface area contributed by atoms with Gasteiger partial charge in [0.1, 0.15) is 66.4 Å². The summed E-state index contributed by atoms with van der Waals surface area (Å²) in [5, 5.41) is 103. The number of aliphatic imine (C=N–C) groups is 1. The fourth-order valence-electron chi connectivity index (χ4n) is 9.62. The number of carboxylic acid groups (broad SMARTS) is 1. The number of amides is 12. The van der Waals surface area contributed by atoms with Crippen molar-refractivity contribution in [2.45, 2.75) is 175 Å². The first kappa shape index (κ1) is 82.7. The minimum absolute atomic E-state index is 0.000535. The molecule has 2 aliphatic rings. The molecule has 2 aliphatic heterocycles. The van der Waals surface area contributed by atoms with Gasteiger partial charge in [-0.05, 0) is 75.6 Å². The number of nitrogens with one attached hydrogen (secondary N) is 10. The number of primary amides is 1. The molecule has 1 aromatic rings. The Morgan fingerprint density at radius 3 is 1.94 bits per heavy atom. The normalized spacial score (nSPS) is 20.4. The number of ether oxygens (including phenoxy) is 1. The van der Waals surface area contributed by atoms with E-state index in [-0.39, 0.29) is 74.3 Å². The quantitative estimate of drug-likeness (QED) is 0.00721. The molecule has 39 nitrogen and oxygen atoms in total. The van der Waals surface area contributed by atoms with E-state index in [2.05, 4.69) is 58.6 Å². The number of rotatable bonds is 43. The van der Waals surface area contributed by atoms with E-state index in [1.54, 1.807) is 13.8 Å². The van der Waals surface area contributed by atoms with Crippen molar-refractivity contribution in [1.82, 2.24) is 58.1 Å². The molecule has 27 N–H and O–H groups in total. The molecule has 12 amide bonds. The third-order valence-electron chi connectivity index (χ3n) is 14.8. The third kappa shape index (κ3) is 28.6. The number of unbranched alkanes of at least 4 members (excludes halogenated alkanes) is 1. The number of benzene rings is 1. The van der Waals surface area contributed by atoms with Crippen LogP contribution in [0.25, 0.3) is 0 Å². The maximum atomic E-state index is 14.3. The Morgan fingerprint density at radius 1 is 0.753 bits per heavy atom. The van der Waals surface area contributed by atoms with Crippen LogP contribution in [0.1, 0.15) is 84.1 Å². The number of nitrogens with two attached hydrogens (primary N) is 3. The molecule has 0 spiro atoms. The number of aliphatic hydroxyl groups is 6. The van der Waals surface area contributed by atoms with Gasteiger partial charge in [-0.25, -0.2) is 0 Å². The Bertz CT molecular complexity index is 2930. The molecule has 0 radical (unpaired) electrons. The van der Waals surface area contributed by atoms with Crippen LogP contribution in [0.4, 0.5) is 0 Å². The van der Waals surface area contributed by atoms with Gasteiger partial charge in [-0.3, -0.25) is 93.0 Å². The highest BCUT2D eigenvalue weighted by Crippen LogP contribution is 2.27. The van der Waals surface area contributed by atoms with Crippen molar-refractivity contribution in [3.05, 3.63) is 29.8 Å². The molecule has 11 unspecified atom stereocenters. The van der Waals surface area contributed by atoms with Crippen LogP contribution in [-0.2, 0) is 78.3 Å². The molecule has 3 rings (SSSR count). The van der Waals surface area contributed by atoms with Crippen LogP contribution < -0.4 is 76.1 Å². The Hall–Kier alpha value is -8.58. The first-order valence-corrected chi connectivity index (χ1v) is 31.8. The smallest absolute Gasteiger partial charge is 0.305 e. The number of aromatic hydroxyl groups is 1. The van der Waals surface area contributed by atoms with Crippen molar-refractivity contribution in [1.29, 1.82) is 0 Å². The SMILES string of the molecule is CC(C)CC(NC(=O)CNC(=O)C(O)CSC1CC(=O)N(CCCCN[C@H]2C(O)O[C@H](CO)[C@@H](O)[C@@H]2O)C1=O)C(=O)NC(CCCN=C(N)N)C(=O)NC(CCC(N)=O)C(=O)NC(Cc1ccc(O)cc1)C(=O)NC(=O)C(CC(=O)O)NC(=O)C(CO)NC(C)C(=O)NC([NH3+])C=O. The first-order chi connectivity index (χ1) is 45.7. The zero-order valence-electron chi connectivity index (χ0n) is 53.6. The topological polar surface area (TPSA) is 652 Å². The molecule has 40 heteroatoms. The molecule has 2 heterocycles. The monoisotopic (exact) mass is 1400 g/mol. The summed E-state index contributed by atoms with van der Waals surface area (Å²) in [4.78, 5) is 189. The van der Waals surface area contributed by atoms with Gasteiger partial charge in [0.2, 0.25) is 77.1 Å². The van der Waals surface area contributed by atoms with Crippen molar-refractivity contribution in [2.75, 3.05) is 45.1 Å². The summed E-state index contributed by atoms with van der Waals surface area (Å²) in [5.41, 5.74) is 20.0. The average molecular weight is 1400 g/mol. The average Bonchev–Trinajstić information content (AvgIpc) is 1.75. The molecular formula is C57H91N16O23S+. The number of carbonyl (C=O) groups is 14. The standard InChI is InChI=1S/C57H90N16O23S/c1-26(2)17-32(66-41(80)21-64-54(93)36(78)25-97-38-20-42(81)73(55(38)94)16-5-4-14-62-44-46(85)45(84)37(23-75)96-56(44)95)50(89)67-30(7-6-15-63-57(60)61)48(87)68-31(12-13-40(59)79)49(88)69-33(18-28-8-10-29(77)11-9-28)51(90)72-52(91)34(19-43(82)83)70-53(92)35(22-74)65-27(3)47(86)71-39(58)24-76/h8-11,24,26-27,30-39,44-46,56,62,65,74-75,77-78,84-85,95H,4-7,12-23,25,58H2,1-3H3,(H2,59,79)(H,64,93)(H,66,80)(H,67,89)(H,68,87)(H,69,88)(H,70,92)(H,71,86)(H,82,83)(H4,60,61,63)(H,72,90,91)/p+1/t27?,30?,31?,32?,33?,34?,35?,36?,37-,38?,39?,44-,45-,46-,56?/m1/s1. The third-order valence-corrected chi connectivity index (χ3v) is 16.1.